The van der Waals surface area contributed by atoms with Crippen LogP contribution in [0.15, 0.2) is 0 Å². The first-order chi connectivity index (χ1) is 9.19. The van der Waals surface area contributed by atoms with E-state index in [1.165, 1.54) is 32.8 Å². The van der Waals surface area contributed by atoms with Crippen molar-refractivity contribution in [1.82, 2.24) is 10.2 Å². The molecule has 3 saturated carbocycles. The summed E-state index contributed by atoms with van der Waals surface area (Å²) in [6.45, 7) is 4.06. The highest BCUT2D eigenvalue weighted by Gasteiger charge is 2.55. The lowest BCUT2D eigenvalue weighted by Crippen LogP contribution is -2.62. The van der Waals surface area contributed by atoms with Gasteiger partial charge >= 0.3 is 5.97 Å². The number of esters is 1. The standard InChI is InChI=1S/C15H26N2O2/c1-3-17(13-8-9-13)10-15(11-4-5-11,14(18)19-2)16-12-6-7-12/h11-13,16H,3-10H2,1-2H3. The van der Waals surface area contributed by atoms with Gasteiger partial charge in [0.05, 0.1) is 7.11 Å². The molecule has 4 nitrogen and oxygen atoms in total. The van der Waals surface area contributed by atoms with Crippen LogP contribution in [0, 0.1) is 5.92 Å². The predicted molar refractivity (Wildman–Crippen MR) is 73.9 cm³/mol. The molecule has 3 rings (SSSR count). The molecule has 0 heterocycles. The number of hydrogen-bond donors (Lipinski definition) is 1. The lowest BCUT2D eigenvalue weighted by Gasteiger charge is -2.37. The first-order valence-corrected chi connectivity index (χ1v) is 7.79. The number of carbonyl (C=O) groups is 1. The molecule has 3 fully saturated rings. The summed E-state index contributed by atoms with van der Waals surface area (Å²) < 4.78 is 5.16. The van der Waals surface area contributed by atoms with Gasteiger partial charge in [-0.3, -0.25) is 10.2 Å². The number of nitrogens with zero attached hydrogens (tertiary/aromatic N) is 1. The van der Waals surface area contributed by atoms with E-state index in [9.17, 15) is 4.79 Å². The molecule has 0 aliphatic heterocycles. The Hall–Kier alpha value is -0.610. The Bertz CT molecular complexity index is 348. The van der Waals surface area contributed by atoms with Crippen LogP contribution >= 0.6 is 0 Å². The van der Waals surface area contributed by atoms with Crippen LogP contribution in [-0.2, 0) is 9.53 Å². The average molecular weight is 266 g/mol. The Morgan fingerprint density at radius 2 is 1.95 bits per heavy atom. The molecule has 0 saturated heterocycles. The number of ether oxygens (including phenoxy) is 1. The van der Waals surface area contributed by atoms with Crippen molar-refractivity contribution in [3.8, 4) is 0 Å². The molecule has 1 atom stereocenters. The summed E-state index contributed by atoms with van der Waals surface area (Å²) in [6, 6.07) is 1.24. The van der Waals surface area contributed by atoms with Gasteiger partial charge < -0.3 is 4.74 Å². The van der Waals surface area contributed by atoms with Crippen molar-refractivity contribution in [2.75, 3.05) is 20.2 Å². The summed E-state index contributed by atoms with van der Waals surface area (Å²) >= 11 is 0. The van der Waals surface area contributed by atoms with Gasteiger partial charge in [-0.05, 0) is 51.0 Å². The van der Waals surface area contributed by atoms with Crippen LogP contribution in [0.5, 0.6) is 0 Å². The van der Waals surface area contributed by atoms with E-state index in [0.29, 0.717) is 18.0 Å². The molecule has 108 valence electrons. The number of carbonyl (C=O) groups excluding carboxylic acids is 1. The van der Waals surface area contributed by atoms with E-state index in [1.807, 2.05) is 0 Å². The van der Waals surface area contributed by atoms with Crippen molar-refractivity contribution in [1.29, 1.82) is 0 Å². The minimum Gasteiger partial charge on any atom is -0.468 e. The predicted octanol–water partition coefficient (Wildman–Crippen LogP) is 1.54. The van der Waals surface area contributed by atoms with Crippen LogP contribution in [0.4, 0.5) is 0 Å². The van der Waals surface area contributed by atoms with Crippen molar-refractivity contribution in [2.24, 2.45) is 5.92 Å². The highest BCUT2D eigenvalue weighted by atomic mass is 16.5. The molecule has 1 N–H and O–H groups in total. The number of likely N-dealkylation sites (N-methyl/N-ethyl adjacent to an activating group) is 1. The van der Waals surface area contributed by atoms with Crippen molar-refractivity contribution in [3.63, 3.8) is 0 Å². The first kappa shape index (κ1) is 13.4. The fraction of sp³-hybridized carbons (Fsp3) is 0.933. The maximum Gasteiger partial charge on any atom is 0.327 e. The third-order valence-electron chi connectivity index (χ3n) is 4.78. The lowest BCUT2D eigenvalue weighted by molar-refractivity contribution is -0.151. The quantitative estimate of drug-likeness (QED) is 0.677. The third-order valence-corrected chi connectivity index (χ3v) is 4.78. The Morgan fingerprint density at radius 3 is 2.37 bits per heavy atom. The van der Waals surface area contributed by atoms with Gasteiger partial charge in [-0.1, -0.05) is 6.92 Å². The van der Waals surface area contributed by atoms with E-state index in [4.69, 9.17) is 4.74 Å². The van der Waals surface area contributed by atoms with Gasteiger partial charge in [-0.15, -0.1) is 0 Å². The maximum absolute atomic E-state index is 12.5. The van der Waals surface area contributed by atoms with Crippen LogP contribution < -0.4 is 5.32 Å². The number of rotatable bonds is 8. The third kappa shape index (κ3) is 2.79. The van der Waals surface area contributed by atoms with Gasteiger partial charge in [0.2, 0.25) is 0 Å². The second-order valence-corrected chi connectivity index (χ2v) is 6.45. The minimum absolute atomic E-state index is 0.0407. The molecule has 19 heavy (non-hydrogen) atoms. The number of hydrogen-bond acceptors (Lipinski definition) is 4. The number of methoxy groups -OCH3 is 1. The molecule has 4 heteroatoms. The maximum atomic E-state index is 12.5. The highest BCUT2D eigenvalue weighted by molar-refractivity contribution is 5.82. The normalized spacial score (nSPS) is 26.3. The molecular weight excluding hydrogens is 240 g/mol. The molecule has 0 aromatic rings. The van der Waals surface area contributed by atoms with Gasteiger partial charge in [0.1, 0.15) is 5.54 Å². The Morgan fingerprint density at radius 1 is 1.26 bits per heavy atom. The van der Waals surface area contributed by atoms with Crippen molar-refractivity contribution in [3.05, 3.63) is 0 Å². The lowest BCUT2D eigenvalue weighted by atomic mass is 9.91. The zero-order valence-corrected chi connectivity index (χ0v) is 12.2. The van der Waals surface area contributed by atoms with Gasteiger partial charge in [-0.25, -0.2) is 4.79 Å². The Kier molecular flexibility index (Phi) is 3.56. The van der Waals surface area contributed by atoms with E-state index >= 15 is 0 Å². The zero-order chi connectivity index (χ0) is 13.5. The molecule has 3 aliphatic rings. The summed E-state index contributed by atoms with van der Waals surface area (Å²) in [7, 11) is 1.53. The van der Waals surface area contributed by atoms with Crippen LogP contribution in [0.3, 0.4) is 0 Å². The highest BCUT2D eigenvalue weighted by Crippen LogP contribution is 2.44. The van der Waals surface area contributed by atoms with Gasteiger partial charge in [-0.2, -0.15) is 0 Å². The largest absolute Gasteiger partial charge is 0.468 e. The Balaban J connectivity index is 1.77. The van der Waals surface area contributed by atoms with E-state index in [-0.39, 0.29) is 5.97 Å². The van der Waals surface area contributed by atoms with Crippen LogP contribution in [0.2, 0.25) is 0 Å². The summed E-state index contributed by atoms with van der Waals surface area (Å²) in [5.41, 5.74) is -0.436. The van der Waals surface area contributed by atoms with Crippen LogP contribution in [-0.4, -0.2) is 48.7 Å². The van der Waals surface area contributed by atoms with Gasteiger partial charge in [0.25, 0.3) is 0 Å². The van der Waals surface area contributed by atoms with Crippen molar-refractivity contribution < 1.29 is 9.53 Å². The minimum atomic E-state index is -0.436. The van der Waals surface area contributed by atoms with E-state index in [2.05, 4.69) is 17.1 Å². The summed E-state index contributed by atoms with van der Waals surface area (Å²) in [6.07, 6.45) is 7.33. The molecule has 1 unspecified atom stereocenters. The van der Waals surface area contributed by atoms with E-state index in [1.54, 1.807) is 0 Å². The molecule has 0 bridgehead atoms. The second kappa shape index (κ2) is 5.06. The average Bonchev–Trinajstić information content (AvgIpc) is 3.29. The molecular formula is C15H26N2O2. The van der Waals surface area contributed by atoms with Crippen LogP contribution in [0.25, 0.3) is 0 Å². The van der Waals surface area contributed by atoms with Crippen molar-refractivity contribution in [2.45, 2.75) is 63.1 Å². The van der Waals surface area contributed by atoms with E-state index < -0.39 is 5.54 Å². The molecule has 0 aromatic heterocycles. The topological polar surface area (TPSA) is 41.6 Å². The fourth-order valence-electron chi connectivity index (χ4n) is 3.19. The van der Waals surface area contributed by atoms with Gasteiger partial charge in [0.15, 0.2) is 0 Å². The summed E-state index contributed by atoms with van der Waals surface area (Å²) in [4.78, 5) is 14.9. The molecule has 3 aliphatic carbocycles. The monoisotopic (exact) mass is 266 g/mol. The van der Waals surface area contributed by atoms with Crippen molar-refractivity contribution >= 4 is 5.97 Å². The molecule has 0 amide bonds. The number of nitrogens with one attached hydrogen (secondary N) is 1. The summed E-state index contributed by atoms with van der Waals surface area (Å²) in [5, 5.41) is 3.65. The summed E-state index contributed by atoms with van der Waals surface area (Å²) in [5.74, 6) is 0.439. The first-order valence-electron chi connectivity index (χ1n) is 7.79. The van der Waals surface area contributed by atoms with Crippen LogP contribution in [0.1, 0.15) is 45.4 Å². The van der Waals surface area contributed by atoms with E-state index in [0.717, 1.165) is 25.9 Å². The Labute approximate surface area is 115 Å². The second-order valence-electron chi connectivity index (χ2n) is 6.45. The molecule has 0 spiro atoms. The smallest absolute Gasteiger partial charge is 0.327 e. The molecule has 0 radical (unpaired) electrons. The fourth-order valence-corrected chi connectivity index (χ4v) is 3.19. The SMILES string of the molecule is CCN(CC(NC1CC1)(C(=O)OC)C1CC1)C1CC1. The van der Waals surface area contributed by atoms with Gasteiger partial charge in [0, 0.05) is 18.6 Å². The molecule has 0 aromatic carbocycles. The zero-order valence-electron chi connectivity index (χ0n) is 12.2.